The predicted molar refractivity (Wildman–Crippen MR) is 96.6 cm³/mol. The summed E-state index contributed by atoms with van der Waals surface area (Å²) in [6.07, 6.45) is 2.27. The van der Waals surface area contributed by atoms with Crippen LogP contribution in [0.15, 0.2) is 6.20 Å². The summed E-state index contributed by atoms with van der Waals surface area (Å²) in [6.45, 7) is 16.7. The van der Waals surface area contributed by atoms with Gasteiger partial charge in [-0.2, -0.15) is 0 Å². The van der Waals surface area contributed by atoms with Crippen LogP contribution >= 0.6 is 0 Å². The molecule has 0 spiro atoms. The zero-order valence-electron chi connectivity index (χ0n) is 15.5. The van der Waals surface area contributed by atoms with Crippen molar-refractivity contribution in [2.24, 2.45) is 0 Å². The lowest BCUT2D eigenvalue weighted by Crippen LogP contribution is -2.53. The molecule has 0 N–H and O–H groups in total. The van der Waals surface area contributed by atoms with E-state index in [1.807, 2.05) is 6.20 Å². The van der Waals surface area contributed by atoms with Gasteiger partial charge in [0.1, 0.15) is 0 Å². The quantitative estimate of drug-likeness (QED) is 0.828. The maximum absolute atomic E-state index is 5.98. The Hall–Kier alpha value is -1.24. The van der Waals surface area contributed by atoms with Crippen LogP contribution in [0.25, 0.3) is 0 Å². The molecule has 2 fully saturated rings. The van der Waals surface area contributed by atoms with Gasteiger partial charge in [0.2, 0.25) is 5.95 Å². The molecule has 6 heteroatoms. The molecule has 2 aliphatic rings. The van der Waals surface area contributed by atoms with Gasteiger partial charge in [0, 0.05) is 63.7 Å². The summed E-state index contributed by atoms with van der Waals surface area (Å²) in [5, 5.41) is 0. The summed E-state index contributed by atoms with van der Waals surface area (Å²) in [4.78, 5) is 16.5. The van der Waals surface area contributed by atoms with Gasteiger partial charge in [-0.05, 0) is 33.3 Å². The molecule has 2 aliphatic heterocycles. The minimum Gasteiger partial charge on any atom is -0.374 e. The number of hydrogen-bond acceptors (Lipinski definition) is 6. The largest absolute Gasteiger partial charge is 0.374 e. The maximum Gasteiger partial charge on any atom is 0.225 e. The van der Waals surface area contributed by atoms with Crippen LogP contribution in [0.1, 0.15) is 25.1 Å². The molecule has 1 aromatic heterocycles. The summed E-state index contributed by atoms with van der Waals surface area (Å²) in [5.74, 6) is 0.873. The normalized spacial score (nSPS) is 23.9. The second-order valence-electron chi connectivity index (χ2n) is 7.31. The summed E-state index contributed by atoms with van der Waals surface area (Å²) < 4.78 is 5.98. The molecule has 0 aliphatic carbocycles. The van der Waals surface area contributed by atoms with E-state index in [1.54, 1.807) is 0 Å². The topological polar surface area (TPSA) is 44.7 Å². The smallest absolute Gasteiger partial charge is 0.225 e. The van der Waals surface area contributed by atoms with Crippen LogP contribution in [0.2, 0.25) is 0 Å². The SMILES string of the molecule is Cc1cnc(N2CCN(C[C@H]3CN(C(C)C)CCO3)CC2)nc1C. The molecule has 1 aromatic rings. The Morgan fingerprint density at radius 2 is 1.92 bits per heavy atom. The zero-order valence-corrected chi connectivity index (χ0v) is 15.5. The van der Waals surface area contributed by atoms with Crippen molar-refractivity contribution in [3.8, 4) is 0 Å². The van der Waals surface area contributed by atoms with Gasteiger partial charge in [0.05, 0.1) is 12.7 Å². The molecule has 0 radical (unpaired) electrons. The fraction of sp³-hybridized carbons (Fsp3) is 0.778. The van der Waals surface area contributed by atoms with E-state index in [0.29, 0.717) is 12.1 Å². The van der Waals surface area contributed by atoms with E-state index < -0.39 is 0 Å². The molecule has 24 heavy (non-hydrogen) atoms. The first-order valence-electron chi connectivity index (χ1n) is 9.16. The molecular weight excluding hydrogens is 302 g/mol. The molecule has 6 nitrogen and oxygen atoms in total. The van der Waals surface area contributed by atoms with Gasteiger partial charge in [-0.3, -0.25) is 9.80 Å². The molecule has 0 aromatic carbocycles. The van der Waals surface area contributed by atoms with Gasteiger partial charge in [0.25, 0.3) is 0 Å². The first-order chi connectivity index (χ1) is 11.5. The Kier molecular flexibility index (Phi) is 5.69. The Bertz CT molecular complexity index is 542. The number of hydrogen-bond donors (Lipinski definition) is 0. The molecular formula is C18H31N5O. The number of ether oxygens (including phenoxy) is 1. The summed E-state index contributed by atoms with van der Waals surface area (Å²) in [7, 11) is 0. The van der Waals surface area contributed by atoms with Gasteiger partial charge in [0.15, 0.2) is 0 Å². The molecule has 3 heterocycles. The molecule has 1 atom stereocenters. The van der Waals surface area contributed by atoms with Crippen molar-refractivity contribution in [3.63, 3.8) is 0 Å². The number of nitrogens with zero attached hydrogens (tertiary/aromatic N) is 5. The average Bonchev–Trinajstić information content (AvgIpc) is 2.58. The second-order valence-corrected chi connectivity index (χ2v) is 7.31. The predicted octanol–water partition coefficient (Wildman–Crippen LogP) is 1.32. The van der Waals surface area contributed by atoms with Crippen LogP contribution in [-0.4, -0.2) is 84.3 Å². The summed E-state index contributed by atoms with van der Waals surface area (Å²) in [6, 6.07) is 0.607. The highest BCUT2D eigenvalue weighted by atomic mass is 16.5. The van der Waals surface area contributed by atoms with Crippen LogP contribution in [0.3, 0.4) is 0 Å². The fourth-order valence-electron chi connectivity index (χ4n) is 3.41. The van der Waals surface area contributed by atoms with Crippen molar-refractivity contribution in [2.75, 3.05) is 57.3 Å². The Balaban J connectivity index is 1.49. The van der Waals surface area contributed by atoms with E-state index in [0.717, 1.165) is 69.6 Å². The summed E-state index contributed by atoms with van der Waals surface area (Å²) in [5.41, 5.74) is 2.23. The first kappa shape index (κ1) is 17.6. The van der Waals surface area contributed by atoms with Crippen molar-refractivity contribution in [1.29, 1.82) is 0 Å². The van der Waals surface area contributed by atoms with Crippen LogP contribution in [0.5, 0.6) is 0 Å². The minimum absolute atomic E-state index is 0.338. The number of rotatable bonds is 4. The molecule has 2 saturated heterocycles. The molecule has 0 bridgehead atoms. The number of piperazine rings is 1. The van der Waals surface area contributed by atoms with E-state index >= 15 is 0 Å². The van der Waals surface area contributed by atoms with Gasteiger partial charge >= 0.3 is 0 Å². The highest BCUT2D eigenvalue weighted by Crippen LogP contribution is 2.15. The van der Waals surface area contributed by atoms with Crippen LogP contribution in [0, 0.1) is 13.8 Å². The van der Waals surface area contributed by atoms with Crippen molar-refractivity contribution in [2.45, 2.75) is 39.8 Å². The Morgan fingerprint density at radius 3 is 2.58 bits per heavy atom. The van der Waals surface area contributed by atoms with Crippen LogP contribution in [0.4, 0.5) is 5.95 Å². The standard InChI is InChI=1S/C18H31N5O/c1-14(2)23-9-10-24-17(13-23)12-21-5-7-22(8-6-21)18-19-11-15(3)16(4)20-18/h11,14,17H,5-10,12-13H2,1-4H3/t17-/m0/s1. The van der Waals surface area contributed by atoms with Crippen molar-refractivity contribution >= 4 is 5.95 Å². The van der Waals surface area contributed by atoms with Crippen LogP contribution < -0.4 is 4.90 Å². The van der Waals surface area contributed by atoms with E-state index in [2.05, 4.69) is 52.4 Å². The molecule has 0 unspecified atom stereocenters. The fourth-order valence-corrected chi connectivity index (χ4v) is 3.41. The molecule has 0 amide bonds. The number of morpholine rings is 1. The van der Waals surface area contributed by atoms with E-state index in [9.17, 15) is 0 Å². The van der Waals surface area contributed by atoms with E-state index in [-0.39, 0.29) is 0 Å². The van der Waals surface area contributed by atoms with Gasteiger partial charge < -0.3 is 9.64 Å². The highest BCUT2D eigenvalue weighted by Gasteiger charge is 2.26. The minimum atomic E-state index is 0.338. The lowest BCUT2D eigenvalue weighted by Gasteiger charge is -2.40. The monoisotopic (exact) mass is 333 g/mol. The number of aromatic nitrogens is 2. The van der Waals surface area contributed by atoms with Gasteiger partial charge in [-0.25, -0.2) is 9.97 Å². The van der Waals surface area contributed by atoms with Crippen molar-refractivity contribution < 1.29 is 4.74 Å². The lowest BCUT2D eigenvalue weighted by atomic mass is 10.2. The second kappa shape index (κ2) is 7.76. The maximum atomic E-state index is 5.98. The summed E-state index contributed by atoms with van der Waals surface area (Å²) >= 11 is 0. The third-order valence-corrected chi connectivity index (χ3v) is 5.23. The zero-order chi connectivity index (χ0) is 17.1. The lowest BCUT2D eigenvalue weighted by molar-refractivity contribution is -0.0525. The van der Waals surface area contributed by atoms with Gasteiger partial charge in [-0.15, -0.1) is 0 Å². The average molecular weight is 333 g/mol. The highest BCUT2D eigenvalue weighted by molar-refractivity contribution is 5.33. The van der Waals surface area contributed by atoms with E-state index in [4.69, 9.17) is 4.74 Å². The third-order valence-electron chi connectivity index (χ3n) is 5.23. The molecule has 0 saturated carbocycles. The molecule has 134 valence electrons. The van der Waals surface area contributed by atoms with Crippen molar-refractivity contribution in [3.05, 3.63) is 17.5 Å². The Morgan fingerprint density at radius 1 is 1.17 bits per heavy atom. The van der Waals surface area contributed by atoms with Gasteiger partial charge in [-0.1, -0.05) is 0 Å². The van der Waals surface area contributed by atoms with Crippen LogP contribution in [-0.2, 0) is 4.74 Å². The third kappa shape index (κ3) is 4.23. The number of anilines is 1. The number of aryl methyl sites for hydroxylation is 2. The first-order valence-corrected chi connectivity index (χ1v) is 9.16. The van der Waals surface area contributed by atoms with E-state index in [1.165, 1.54) is 0 Å². The molecule has 3 rings (SSSR count). The Labute approximate surface area is 145 Å². The van der Waals surface area contributed by atoms with Crippen molar-refractivity contribution in [1.82, 2.24) is 19.8 Å².